The van der Waals surface area contributed by atoms with Crippen LogP contribution in [0.4, 0.5) is 14.5 Å². The Morgan fingerprint density at radius 3 is 2.40 bits per heavy atom. The first-order valence-electron chi connectivity index (χ1n) is 13.3. The van der Waals surface area contributed by atoms with Crippen molar-refractivity contribution in [3.05, 3.63) is 23.0 Å². The number of alkyl halides is 2. The van der Waals surface area contributed by atoms with E-state index >= 15 is 0 Å². The number of ether oxygens (including phenoxy) is 2. The van der Waals surface area contributed by atoms with Crippen LogP contribution < -0.4 is 14.9 Å². The Hall–Kier alpha value is -2.30. The number of nitrogens with zero attached hydrogens (tertiary/aromatic N) is 5. The predicted octanol–water partition coefficient (Wildman–Crippen LogP) is 2.94. The zero-order chi connectivity index (χ0) is 28.2. The summed E-state index contributed by atoms with van der Waals surface area (Å²) in [5.74, 6) is 0.149. The topological polar surface area (TPSA) is 123 Å². The molecule has 3 aromatic heterocycles. The van der Waals surface area contributed by atoms with Crippen LogP contribution in [0.5, 0.6) is 0 Å². The summed E-state index contributed by atoms with van der Waals surface area (Å²) in [7, 11) is -0.623. The third-order valence-electron chi connectivity index (χ3n) is 7.62. The zero-order valence-electron chi connectivity index (χ0n) is 22.6. The Labute approximate surface area is 235 Å². The van der Waals surface area contributed by atoms with Crippen LogP contribution in [0.3, 0.4) is 0 Å². The summed E-state index contributed by atoms with van der Waals surface area (Å²) >= 11 is 0.807. The van der Waals surface area contributed by atoms with E-state index in [1.165, 1.54) is 6.20 Å². The second-order valence-electron chi connectivity index (χ2n) is 11.2. The summed E-state index contributed by atoms with van der Waals surface area (Å²) < 4.78 is 69.6. The molecule has 11 nitrogen and oxygen atoms in total. The molecular formula is C25H33F2N7O4S2. The molecule has 0 spiro atoms. The maximum atomic E-state index is 13.7. The quantitative estimate of drug-likeness (QED) is 0.344. The summed E-state index contributed by atoms with van der Waals surface area (Å²) in [5, 5.41) is 11.2. The summed E-state index contributed by atoms with van der Waals surface area (Å²) in [5.41, 5.74) is 1.97. The van der Waals surface area contributed by atoms with Crippen molar-refractivity contribution in [2.45, 2.75) is 67.5 Å². The maximum Gasteiger partial charge on any atom is 0.291 e. The monoisotopic (exact) mass is 597 g/mol. The zero-order valence-corrected chi connectivity index (χ0v) is 24.2. The third kappa shape index (κ3) is 5.46. The van der Waals surface area contributed by atoms with Gasteiger partial charge >= 0.3 is 0 Å². The molecule has 0 bridgehead atoms. The van der Waals surface area contributed by atoms with E-state index in [0.717, 1.165) is 42.7 Å². The lowest BCUT2D eigenvalue weighted by molar-refractivity contribution is 0.121. The van der Waals surface area contributed by atoms with Crippen molar-refractivity contribution in [3.8, 4) is 10.7 Å². The molecule has 1 saturated heterocycles. The molecule has 40 heavy (non-hydrogen) atoms. The number of hydrogen-bond acceptors (Lipinski definition) is 10. The van der Waals surface area contributed by atoms with Crippen LogP contribution in [0.25, 0.3) is 16.3 Å². The molecule has 2 atom stereocenters. The number of rotatable bonds is 11. The van der Waals surface area contributed by atoms with Gasteiger partial charge in [0, 0.05) is 57.0 Å². The lowest BCUT2D eigenvalue weighted by Gasteiger charge is -2.40. The lowest BCUT2D eigenvalue weighted by Crippen LogP contribution is -2.59. The van der Waals surface area contributed by atoms with Crippen molar-refractivity contribution in [2.75, 3.05) is 45.4 Å². The van der Waals surface area contributed by atoms with Crippen molar-refractivity contribution in [2.24, 2.45) is 0 Å². The SMILES string of the molecule is COC[C@@H]1CN(c2cc(S(=O)(=O)NC3(C)CC3)cn3c(-c4nnc(C(F)F)s4)c(C4CC4)nc23)C[C@H](COC)N1. The largest absolute Gasteiger partial charge is 0.383 e. The average molecular weight is 598 g/mol. The minimum atomic E-state index is -3.90. The highest BCUT2D eigenvalue weighted by Crippen LogP contribution is 2.46. The van der Waals surface area contributed by atoms with E-state index in [2.05, 4.69) is 25.1 Å². The Balaban J connectivity index is 1.54. The van der Waals surface area contributed by atoms with Crippen LogP contribution >= 0.6 is 11.3 Å². The molecule has 0 unspecified atom stereocenters. The number of imidazole rings is 1. The number of aromatic nitrogens is 4. The van der Waals surface area contributed by atoms with Crippen molar-refractivity contribution in [1.82, 2.24) is 29.6 Å². The van der Waals surface area contributed by atoms with Crippen LogP contribution in [-0.4, -0.2) is 86.1 Å². The van der Waals surface area contributed by atoms with Gasteiger partial charge in [-0.15, -0.1) is 10.2 Å². The summed E-state index contributed by atoms with van der Waals surface area (Å²) in [6, 6.07) is 1.61. The average Bonchev–Trinajstić information content (AvgIpc) is 3.78. The first-order chi connectivity index (χ1) is 19.1. The number of halogens is 2. The molecule has 218 valence electrons. The van der Waals surface area contributed by atoms with Crippen LogP contribution in [-0.2, 0) is 19.5 Å². The standard InChI is InChI=1S/C25H33F2N7O4S2/c1-25(6-7-25)32-40(35,36)17-8-18(33-9-15(12-37-2)28-16(10-33)13-38-3)22-29-19(14-4-5-14)20(34(22)11-17)23-30-31-24(39-23)21(26)27/h8,11,14-16,21,28,32H,4-7,9-10,12-13H2,1-3H3/t15-,16+. The Bertz CT molecular complexity index is 1490. The van der Waals surface area contributed by atoms with E-state index in [4.69, 9.17) is 14.5 Å². The van der Waals surface area contributed by atoms with E-state index in [1.54, 1.807) is 24.7 Å². The molecule has 0 amide bonds. The van der Waals surface area contributed by atoms with Gasteiger partial charge in [0.2, 0.25) is 10.0 Å². The second kappa shape index (κ2) is 10.5. The van der Waals surface area contributed by atoms with Crippen molar-refractivity contribution in [3.63, 3.8) is 0 Å². The molecule has 2 saturated carbocycles. The van der Waals surface area contributed by atoms with Gasteiger partial charge in [-0.25, -0.2) is 26.9 Å². The van der Waals surface area contributed by atoms with Crippen LogP contribution in [0.15, 0.2) is 17.2 Å². The van der Waals surface area contributed by atoms with Crippen molar-refractivity contribution in [1.29, 1.82) is 0 Å². The smallest absolute Gasteiger partial charge is 0.291 e. The Kier molecular flexibility index (Phi) is 7.32. The lowest BCUT2D eigenvalue weighted by atomic mass is 10.1. The fraction of sp³-hybridized carbons (Fsp3) is 0.640. The number of anilines is 1. The molecular weight excluding hydrogens is 564 g/mol. The Morgan fingerprint density at radius 1 is 1.18 bits per heavy atom. The van der Waals surface area contributed by atoms with Crippen molar-refractivity contribution >= 4 is 32.7 Å². The van der Waals surface area contributed by atoms with Gasteiger partial charge in [-0.05, 0) is 38.7 Å². The number of nitrogens with one attached hydrogen (secondary N) is 2. The minimum Gasteiger partial charge on any atom is -0.383 e. The number of piperazine rings is 1. The van der Waals surface area contributed by atoms with E-state index in [9.17, 15) is 17.2 Å². The Morgan fingerprint density at radius 2 is 1.85 bits per heavy atom. The molecule has 3 aliphatic rings. The number of fused-ring (bicyclic) bond motifs is 1. The summed E-state index contributed by atoms with van der Waals surface area (Å²) in [6.07, 6.45) is 2.14. The van der Waals surface area contributed by atoms with Crippen LogP contribution in [0.2, 0.25) is 0 Å². The van der Waals surface area contributed by atoms with E-state index in [1.807, 2.05) is 6.92 Å². The number of pyridine rings is 1. The van der Waals surface area contributed by atoms with E-state index in [-0.39, 0.29) is 27.9 Å². The van der Waals surface area contributed by atoms with Crippen LogP contribution in [0.1, 0.15) is 55.7 Å². The van der Waals surface area contributed by atoms with Gasteiger partial charge in [-0.2, -0.15) is 0 Å². The molecule has 0 aromatic carbocycles. The van der Waals surface area contributed by atoms with Gasteiger partial charge in [0.05, 0.1) is 24.6 Å². The van der Waals surface area contributed by atoms with E-state index < -0.39 is 22.0 Å². The molecule has 4 heterocycles. The maximum absolute atomic E-state index is 13.7. The molecule has 6 rings (SSSR count). The fourth-order valence-corrected chi connectivity index (χ4v) is 7.52. The minimum absolute atomic E-state index is 0.0307. The van der Waals surface area contributed by atoms with Crippen LogP contribution in [0, 0.1) is 0 Å². The predicted molar refractivity (Wildman–Crippen MR) is 146 cm³/mol. The van der Waals surface area contributed by atoms with Gasteiger partial charge in [0.15, 0.2) is 15.7 Å². The molecule has 2 aliphatic carbocycles. The van der Waals surface area contributed by atoms with Gasteiger partial charge in [0.25, 0.3) is 6.43 Å². The first kappa shape index (κ1) is 27.8. The van der Waals surface area contributed by atoms with Gasteiger partial charge in [0.1, 0.15) is 10.6 Å². The number of methoxy groups -OCH3 is 2. The summed E-state index contributed by atoms with van der Waals surface area (Å²) in [4.78, 5) is 7.19. The highest BCUT2D eigenvalue weighted by atomic mass is 32.2. The summed E-state index contributed by atoms with van der Waals surface area (Å²) in [6.45, 7) is 3.89. The molecule has 2 N–H and O–H groups in total. The first-order valence-corrected chi connectivity index (χ1v) is 15.6. The normalized spacial score (nSPS) is 22.9. The molecule has 1 aliphatic heterocycles. The highest BCUT2D eigenvalue weighted by Gasteiger charge is 2.42. The number of sulfonamides is 1. The second-order valence-corrected chi connectivity index (χ2v) is 13.9. The fourth-order valence-electron chi connectivity index (χ4n) is 5.29. The van der Waals surface area contributed by atoms with E-state index in [0.29, 0.717) is 48.3 Å². The highest BCUT2D eigenvalue weighted by molar-refractivity contribution is 7.89. The third-order valence-corrected chi connectivity index (χ3v) is 10.2. The molecule has 0 radical (unpaired) electrons. The van der Waals surface area contributed by atoms with Gasteiger partial charge in [-0.1, -0.05) is 11.3 Å². The molecule has 3 fully saturated rings. The van der Waals surface area contributed by atoms with Gasteiger partial charge < -0.3 is 19.7 Å². The number of hydrogen-bond donors (Lipinski definition) is 2. The van der Waals surface area contributed by atoms with Crippen molar-refractivity contribution < 1.29 is 26.7 Å². The molecule has 3 aromatic rings. The molecule has 15 heteroatoms. The van der Waals surface area contributed by atoms with Gasteiger partial charge in [-0.3, -0.25) is 4.40 Å².